The monoisotopic (exact) mass is 583 g/mol. The molecule has 0 aliphatic carbocycles. The predicted octanol–water partition coefficient (Wildman–Crippen LogP) is 3.71. The number of carbonyl (C=O) groups excluding carboxylic acids is 1. The molecule has 0 amide bonds. The average Bonchev–Trinajstić information content (AvgIpc) is 3.21. The number of morpholine rings is 1. The van der Waals surface area contributed by atoms with Crippen LogP contribution in [0.3, 0.4) is 0 Å². The molecule has 0 unspecified atom stereocenters. The van der Waals surface area contributed by atoms with Crippen LogP contribution in [0, 0.1) is 0 Å². The molecular weight excluding hydrogens is 538 g/mol. The summed E-state index contributed by atoms with van der Waals surface area (Å²) in [6.07, 6.45) is 2.97. The van der Waals surface area contributed by atoms with E-state index in [4.69, 9.17) is 15.5 Å². The van der Waals surface area contributed by atoms with Gasteiger partial charge < -0.3 is 24.8 Å². The second kappa shape index (κ2) is 12.8. The molecule has 228 valence electrons. The summed E-state index contributed by atoms with van der Waals surface area (Å²) in [6.45, 7) is 13.7. The molecule has 2 aromatic heterocycles. The normalized spacial score (nSPS) is 18.6. The summed E-state index contributed by atoms with van der Waals surface area (Å²) >= 11 is 0. The van der Waals surface area contributed by atoms with Crippen LogP contribution in [0.1, 0.15) is 25.7 Å². The molecule has 4 aromatic rings. The summed E-state index contributed by atoms with van der Waals surface area (Å²) in [5.41, 5.74) is 12.8. The van der Waals surface area contributed by atoms with Gasteiger partial charge in [-0.1, -0.05) is 18.2 Å². The molecule has 3 aliphatic heterocycles. The molecular formula is C34H45N7O2. The number of benzene rings is 2. The number of piperazine rings is 1. The van der Waals surface area contributed by atoms with Crippen LogP contribution >= 0.6 is 0 Å². The molecule has 2 saturated heterocycles. The van der Waals surface area contributed by atoms with Gasteiger partial charge in [0.15, 0.2) is 0 Å². The molecule has 5 heterocycles. The predicted molar refractivity (Wildman–Crippen MR) is 175 cm³/mol. The smallest absolute Gasteiger partial charge is 0.134 e. The number of pyridine rings is 1. The van der Waals surface area contributed by atoms with Crippen LogP contribution in [0.25, 0.3) is 32.8 Å². The van der Waals surface area contributed by atoms with Gasteiger partial charge in [0.25, 0.3) is 0 Å². The maximum absolute atomic E-state index is 12.2. The minimum Gasteiger partial charge on any atom is -0.379 e. The highest BCUT2D eigenvalue weighted by atomic mass is 16.5. The molecule has 9 nitrogen and oxygen atoms in total. The Bertz CT molecular complexity index is 1590. The van der Waals surface area contributed by atoms with E-state index in [0.29, 0.717) is 19.4 Å². The van der Waals surface area contributed by atoms with E-state index in [2.05, 4.69) is 66.6 Å². The standard InChI is InChI=1S/C34H45N7O2/c35-11-10-27(42)5-3-12-40-13-4-14-41-31-9-8-26(39-19-17-37(18-20-39)15-16-38-21-23-43-24-22-38)25-29(31)32-34(41)33(40)28-6-1-2-7-30(28)36-32/h1-2,6-9,25H,3-5,10-24,35H2. The van der Waals surface area contributed by atoms with Crippen molar-refractivity contribution in [2.24, 2.45) is 5.73 Å². The van der Waals surface area contributed by atoms with Gasteiger partial charge >= 0.3 is 0 Å². The summed E-state index contributed by atoms with van der Waals surface area (Å²) in [5.74, 6) is 0.265. The number of aromatic nitrogens is 2. The summed E-state index contributed by atoms with van der Waals surface area (Å²) in [6, 6.07) is 15.6. The van der Waals surface area contributed by atoms with Crippen molar-refractivity contribution in [2.75, 3.05) is 95.0 Å². The number of nitrogens with two attached hydrogens (primary N) is 1. The molecule has 2 aromatic carbocycles. The number of rotatable bonds is 10. The number of Topliss-reactive ketones (excluding diaryl/α,β-unsaturated/α-hetero) is 1. The van der Waals surface area contributed by atoms with E-state index in [9.17, 15) is 4.79 Å². The fourth-order valence-electron chi connectivity index (χ4n) is 7.29. The van der Waals surface area contributed by atoms with Crippen LogP contribution in [0.15, 0.2) is 42.5 Å². The largest absolute Gasteiger partial charge is 0.379 e. The minimum absolute atomic E-state index is 0.265. The molecule has 2 fully saturated rings. The van der Waals surface area contributed by atoms with Crippen molar-refractivity contribution in [3.63, 3.8) is 0 Å². The number of aryl methyl sites for hydroxylation is 1. The molecule has 0 spiro atoms. The summed E-state index contributed by atoms with van der Waals surface area (Å²) in [5, 5.41) is 2.44. The first-order valence-electron chi connectivity index (χ1n) is 16.3. The molecule has 0 radical (unpaired) electrons. The lowest BCUT2D eigenvalue weighted by Gasteiger charge is -2.37. The molecule has 0 saturated carbocycles. The Kier molecular flexibility index (Phi) is 8.48. The Morgan fingerprint density at radius 1 is 0.837 bits per heavy atom. The lowest BCUT2D eigenvalue weighted by molar-refractivity contribution is -0.118. The van der Waals surface area contributed by atoms with Crippen LogP contribution in [0.4, 0.5) is 11.4 Å². The SMILES string of the molecule is NCCC(=O)CCCN1CCCn2c3ccc(N4CCN(CCN5CCOCC5)CC4)cc3c3nc4ccccc4c1c32. The maximum atomic E-state index is 12.2. The fourth-order valence-corrected chi connectivity index (χ4v) is 7.29. The van der Waals surface area contributed by atoms with Gasteiger partial charge in [-0.25, -0.2) is 4.98 Å². The highest BCUT2D eigenvalue weighted by molar-refractivity contribution is 6.17. The van der Waals surface area contributed by atoms with Gasteiger partial charge in [-0.05, 0) is 43.7 Å². The highest BCUT2D eigenvalue weighted by Crippen LogP contribution is 2.42. The topological polar surface area (TPSA) is 83.1 Å². The number of hydrogen-bond acceptors (Lipinski definition) is 8. The molecule has 9 heteroatoms. The van der Waals surface area contributed by atoms with Gasteiger partial charge in [-0.2, -0.15) is 0 Å². The minimum atomic E-state index is 0.265. The van der Waals surface area contributed by atoms with Crippen molar-refractivity contribution in [2.45, 2.75) is 32.2 Å². The number of ketones is 1. The van der Waals surface area contributed by atoms with E-state index >= 15 is 0 Å². The molecule has 2 N–H and O–H groups in total. The zero-order valence-corrected chi connectivity index (χ0v) is 25.3. The second-order valence-electron chi connectivity index (χ2n) is 12.3. The first-order chi connectivity index (χ1) is 21.2. The van der Waals surface area contributed by atoms with E-state index in [1.165, 1.54) is 33.2 Å². The third kappa shape index (κ3) is 5.83. The van der Waals surface area contributed by atoms with Gasteiger partial charge in [-0.15, -0.1) is 0 Å². The number of fused-ring (bicyclic) bond motifs is 5. The van der Waals surface area contributed by atoms with Crippen molar-refractivity contribution < 1.29 is 9.53 Å². The van der Waals surface area contributed by atoms with Crippen LogP contribution < -0.4 is 15.5 Å². The second-order valence-corrected chi connectivity index (χ2v) is 12.3. The Morgan fingerprint density at radius 2 is 1.63 bits per heavy atom. The maximum Gasteiger partial charge on any atom is 0.134 e. The fraction of sp³-hybridized carbons (Fsp3) is 0.529. The molecule has 7 rings (SSSR count). The first kappa shape index (κ1) is 28.5. The number of nitrogens with zero attached hydrogens (tertiary/aromatic N) is 6. The van der Waals surface area contributed by atoms with Gasteiger partial charge in [0.2, 0.25) is 0 Å². The third-order valence-corrected chi connectivity index (χ3v) is 9.64. The number of carbonyl (C=O) groups is 1. The number of hydrogen-bond donors (Lipinski definition) is 1. The van der Waals surface area contributed by atoms with Gasteiger partial charge in [0.1, 0.15) is 5.78 Å². The zero-order valence-electron chi connectivity index (χ0n) is 25.3. The summed E-state index contributed by atoms with van der Waals surface area (Å²) in [4.78, 5) is 27.7. The van der Waals surface area contributed by atoms with E-state index < -0.39 is 0 Å². The number of anilines is 2. The van der Waals surface area contributed by atoms with E-state index in [1.54, 1.807) is 0 Å². The Balaban J connectivity index is 1.17. The molecule has 0 bridgehead atoms. The van der Waals surface area contributed by atoms with Crippen molar-refractivity contribution in [3.8, 4) is 0 Å². The van der Waals surface area contributed by atoms with E-state index in [-0.39, 0.29) is 5.78 Å². The first-order valence-corrected chi connectivity index (χ1v) is 16.3. The van der Waals surface area contributed by atoms with Crippen molar-refractivity contribution in [1.29, 1.82) is 0 Å². The Labute approximate surface area is 254 Å². The van der Waals surface area contributed by atoms with Gasteiger partial charge in [-0.3, -0.25) is 14.6 Å². The highest BCUT2D eigenvalue weighted by Gasteiger charge is 2.26. The number of para-hydroxylation sites is 1. The third-order valence-electron chi connectivity index (χ3n) is 9.64. The average molecular weight is 584 g/mol. The van der Waals surface area contributed by atoms with Crippen LogP contribution in [-0.2, 0) is 16.1 Å². The van der Waals surface area contributed by atoms with Gasteiger partial charge in [0, 0.05) is 101 Å². The summed E-state index contributed by atoms with van der Waals surface area (Å²) in [7, 11) is 0. The Hall–Kier alpha value is -3.24. The van der Waals surface area contributed by atoms with Crippen molar-refractivity contribution in [3.05, 3.63) is 42.5 Å². The van der Waals surface area contributed by atoms with Gasteiger partial charge in [0.05, 0.1) is 41.0 Å². The van der Waals surface area contributed by atoms with Crippen LogP contribution in [0.2, 0.25) is 0 Å². The quantitative estimate of drug-likeness (QED) is 0.303. The van der Waals surface area contributed by atoms with E-state index in [1.807, 2.05) is 0 Å². The summed E-state index contributed by atoms with van der Waals surface area (Å²) < 4.78 is 8.02. The van der Waals surface area contributed by atoms with Crippen LogP contribution in [0.5, 0.6) is 0 Å². The molecule has 3 aliphatic rings. The molecule has 0 atom stereocenters. The van der Waals surface area contributed by atoms with Crippen LogP contribution in [-0.4, -0.2) is 110 Å². The number of ether oxygens (including phenoxy) is 1. The zero-order chi connectivity index (χ0) is 29.2. The Morgan fingerprint density at radius 3 is 2.44 bits per heavy atom. The van der Waals surface area contributed by atoms with E-state index in [0.717, 1.165) is 109 Å². The lowest BCUT2D eigenvalue weighted by Crippen LogP contribution is -2.49. The van der Waals surface area contributed by atoms with Crippen molar-refractivity contribution in [1.82, 2.24) is 19.4 Å². The lowest BCUT2D eigenvalue weighted by atomic mass is 10.1. The molecule has 43 heavy (non-hydrogen) atoms. The van der Waals surface area contributed by atoms with Crippen molar-refractivity contribution >= 4 is 50.0 Å².